The number of hydrogen-bond donors (Lipinski definition) is 2. The average molecular weight is 420 g/mol. The van der Waals surface area contributed by atoms with Gasteiger partial charge in [0.15, 0.2) is 0 Å². The minimum atomic E-state index is 0.811. The molecule has 0 aromatic heterocycles. The second kappa shape index (κ2) is 10.4. The lowest BCUT2D eigenvalue weighted by Gasteiger charge is -2.21. The summed E-state index contributed by atoms with van der Waals surface area (Å²) in [4.78, 5) is 2.35. The minimum absolute atomic E-state index is 0.811. The van der Waals surface area contributed by atoms with Gasteiger partial charge in [0.25, 0.3) is 0 Å². The van der Waals surface area contributed by atoms with E-state index in [-0.39, 0.29) is 0 Å². The Labute approximate surface area is 164 Å². The molecule has 5 heteroatoms. The summed E-state index contributed by atoms with van der Waals surface area (Å²) in [5.74, 6) is 0.811. The molecule has 2 N–H and O–H groups in total. The highest BCUT2D eigenvalue weighted by molar-refractivity contribution is 9.10. The molecule has 134 valence electrons. The van der Waals surface area contributed by atoms with E-state index in [9.17, 15) is 0 Å². The van der Waals surface area contributed by atoms with Gasteiger partial charge in [-0.1, -0.05) is 24.3 Å². The number of thioether (sulfide) groups is 1. The van der Waals surface area contributed by atoms with Gasteiger partial charge in [-0.2, -0.15) is 0 Å². The molecule has 2 aromatic rings. The summed E-state index contributed by atoms with van der Waals surface area (Å²) >= 11 is 5.29. The van der Waals surface area contributed by atoms with Gasteiger partial charge in [0.05, 0.1) is 5.88 Å². The molecule has 0 aliphatic rings. The second-order valence-corrected chi connectivity index (χ2v) is 7.18. The number of nitrogens with zero attached hydrogens (tertiary/aromatic N) is 1. The second-order valence-electron chi connectivity index (χ2n) is 5.47. The SMILES string of the molecule is CCN(CC)c1ccc(/C(=C/SCNc2ccccc2Br)NC)cc1. The first-order valence-electron chi connectivity index (χ1n) is 8.52. The molecule has 0 unspecified atom stereocenters. The molecular weight excluding hydrogens is 394 g/mol. The van der Waals surface area contributed by atoms with Gasteiger partial charge >= 0.3 is 0 Å². The van der Waals surface area contributed by atoms with Crippen LogP contribution >= 0.6 is 27.7 Å². The third kappa shape index (κ3) is 5.72. The maximum absolute atomic E-state index is 3.55. The van der Waals surface area contributed by atoms with Crippen LogP contribution in [0.5, 0.6) is 0 Å². The van der Waals surface area contributed by atoms with Crippen molar-refractivity contribution in [3.63, 3.8) is 0 Å². The molecule has 0 aliphatic carbocycles. The van der Waals surface area contributed by atoms with Crippen molar-refractivity contribution in [3.8, 4) is 0 Å². The number of nitrogens with one attached hydrogen (secondary N) is 2. The van der Waals surface area contributed by atoms with Crippen molar-refractivity contribution in [2.24, 2.45) is 0 Å². The van der Waals surface area contributed by atoms with Crippen molar-refractivity contribution < 1.29 is 0 Å². The Morgan fingerprint density at radius 3 is 2.36 bits per heavy atom. The summed E-state index contributed by atoms with van der Waals surface area (Å²) in [6.07, 6.45) is 0. The average Bonchev–Trinajstić information content (AvgIpc) is 2.65. The van der Waals surface area contributed by atoms with E-state index in [1.165, 1.54) is 11.3 Å². The van der Waals surface area contributed by atoms with Crippen LogP contribution < -0.4 is 15.5 Å². The van der Waals surface area contributed by atoms with E-state index in [0.29, 0.717) is 0 Å². The minimum Gasteiger partial charge on any atom is -0.387 e. The van der Waals surface area contributed by atoms with E-state index in [4.69, 9.17) is 0 Å². The molecule has 2 aromatic carbocycles. The molecule has 0 atom stereocenters. The summed E-state index contributed by atoms with van der Waals surface area (Å²) < 4.78 is 1.08. The van der Waals surface area contributed by atoms with E-state index in [1.807, 2.05) is 25.2 Å². The smallest absolute Gasteiger partial charge is 0.0652 e. The molecule has 0 saturated heterocycles. The van der Waals surface area contributed by atoms with E-state index in [2.05, 4.69) is 81.1 Å². The summed E-state index contributed by atoms with van der Waals surface area (Å²) in [5.41, 5.74) is 4.71. The summed E-state index contributed by atoms with van der Waals surface area (Å²) in [7, 11) is 1.96. The van der Waals surface area contributed by atoms with Gasteiger partial charge in [0.1, 0.15) is 0 Å². The molecular formula is C20H26BrN3S. The van der Waals surface area contributed by atoms with Crippen molar-refractivity contribution in [1.82, 2.24) is 5.32 Å². The third-order valence-electron chi connectivity index (χ3n) is 4.00. The highest BCUT2D eigenvalue weighted by Gasteiger charge is 2.04. The van der Waals surface area contributed by atoms with E-state index >= 15 is 0 Å². The van der Waals surface area contributed by atoms with E-state index in [0.717, 1.165) is 34.8 Å². The molecule has 0 bridgehead atoms. The van der Waals surface area contributed by atoms with Crippen LogP contribution in [0.15, 0.2) is 58.4 Å². The highest BCUT2D eigenvalue weighted by Crippen LogP contribution is 2.23. The van der Waals surface area contributed by atoms with Crippen LogP contribution in [0.3, 0.4) is 0 Å². The first-order chi connectivity index (χ1) is 12.2. The molecule has 3 nitrogen and oxygen atoms in total. The largest absolute Gasteiger partial charge is 0.387 e. The number of benzene rings is 2. The molecule has 0 aliphatic heterocycles. The van der Waals surface area contributed by atoms with Gasteiger partial charge < -0.3 is 15.5 Å². The zero-order valence-corrected chi connectivity index (χ0v) is 17.5. The lowest BCUT2D eigenvalue weighted by molar-refractivity contribution is 0.866. The van der Waals surface area contributed by atoms with Crippen LogP contribution in [-0.4, -0.2) is 26.0 Å². The first kappa shape index (κ1) is 19.7. The summed E-state index contributed by atoms with van der Waals surface area (Å²) in [5, 5.41) is 8.88. The maximum atomic E-state index is 3.55. The Hall–Kier alpha value is -1.59. The van der Waals surface area contributed by atoms with Gasteiger partial charge in [-0.15, -0.1) is 11.8 Å². The predicted octanol–water partition coefficient (Wildman–Crippen LogP) is 5.62. The number of halogens is 1. The molecule has 0 spiro atoms. The molecule has 25 heavy (non-hydrogen) atoms. The third-order valence-corrected chi connectivity index (χ3v) is 5.40. The predicted molar refractivity (Wildman–Crippen MR) is 117 cm³/mol. The van der Waals surface area contributed by atoms with Crippen molar-refractivity contribution in [2.75, 3.05) is 36.2 Å². The van der Waals surface area contributed by atoms with Crippen molar-refractivity contribution >= 4 is 44.8 Å². The van der Waals surface area contributed by atoms with Gasteiger partial charge in [-0.3, -0.25) is 0 Å². The standard InChI is InChI=1S/C20H26BrN3S/c1-4-24(5-2)17-12-10-16(11-13-17)20(22-3)14-25-15-23-19-9-7-6-8-18(19)21/h6-14,22-23H,4-5,15H2,1-3H3/b20-14-. The first-order valence-corrected chi connectivity index (χ1v) is 10.4. The monoisotopic (exact) mass is 419 g/mol. The fourth-order valence-electron chi connectivity index (χ4n) is 2.56. The number of hydrogen-bond acceptors (Lipinski definition) is 4. The Morgan fingerprint density at radius 2 is 1.76 bits per heavy atom. The van der Waals surface area contributed by atoms with Gasteiger partial charge in [0.2, 0.25) is 0 Å². The number of rotatable bonds is 9. The summed E-state index contributed by atoms with van der Waals surface area (Å²) in [6.45, 7) is 6.43. The number of anilines is 2. The van der Waals surface area contributed by atoms with Crippen LogP contribution in [0, 0.1) is 0 Å². The zero-order chi connectivity index (χ0) is 18.1. The Balaban J connectivity index is 1.96. The fourth-order valence-corrected chi connectivity index (χ4v) is 3.73. The van der Waals surface area contributed by atoms with Crippen molar-refractivity contribution in [3.05, 3.63) is 64.0 Å². The molecule has 0 saturated carbocycles. The van der Waals surface area contributed by atoms with E-state index in [1.54, 1.807) is 11.8 Å². The lowest BCUT2D eigenvalue weighted by Crippen LogP contribution is -2.21. The highest BCUT2D eigenvalue weighted by atomic mass is 79.9. The van der Waals surface area contributed by atoms with Crippen molar-refractivity contribution in [1.29, 1.82) is 0 Å². The van der Waals surface area contributed by atoms with Crippen LogP contribution in [0.25, 0.3) is 5.70 Å². The molecule has 0 fully saturated rings. The van der Waals surface area contributed by atoms with Gasteiger partial charge in [0, 0.05) is 41.7 Å². The van der Waals surface area contributed by atoms with Crippen LogP contribution in [0.1, 0.15) is 19.4 Å². The Kier molecular flexibility index (Phi) is 8.22. The Morgan fingerprint density at radius 1 is 1.08 bits per heavy atom. The molecule has 0 radical (unpaired) electrons. The fraction of sp³-hybridized carbons (Fsp3) is 0.300. The molecule has 0 amide bonds. The normalized spacial score (nSPS) is 11.3. The van der Waals surface area contributed by atoms with Gasteiger partial charge in [-0.25, -0.2) is 0 Å². The van der Waals surface area contributed by atoms with Crippen molar-refractivity contribution in [2.45, 2.75) is 13.8 Å². The molecule has 0 heterocycles. The van der Waals surface area contributed by atoms with Crippen LogP contribution in [0.2, 0.25) is 0 Å². The van der Waals surface area contributed by atoms with Gasteiger partial charge in [-0.05, 0) is 65.0 Å². The maximum Gasteiger partial charge on any atom is 0.0652 e. The molecule has 2 rings (SSSR count). The topological polar surface area (TPSA) is 27.3 Å². The van der Waals surface area contributed by atoms with Crippen LogP contribution in [-0.2, 0) is 0 Å². The van der Waals surface area contributed by atoms with Crippen LogP contribution in [0.4, 0.5) is 11.4 Å². The Bertz CT molecular complexity index is 682. The summed E-state index contributed by atoms with van der Waals surface area (Å²) in [6, 6.07) is 16.9. The van der Waals surface area contributed by atoms with E-state index < -0.39 is 0 Å². The number of para-hydroxylation sites is 1. The quantitative estimate of drug-likeness (QED) is 0.407. The lowest BCUT2D eigenvalue weighted by atomic mass is 10.1. The zero-order valence-electron chi connectivity index (χ0n) is 15.1.